The van der Waals surface area contributed by atoms with Gasteiger partial charge in [0.05, 0.1) is 13.2 Å². The van der Waals surface area contributed by atoms with Crippen molar-refractivity contribution in [2.45, 2.75) is 50.9 Å². The highest BCUT2D eigenvalue weighted by atomic mass is 19.1. The summed E-state index contributed by atoms with van der Waals surface area (Å²) in [5, 5.41) is 11.9. The number of nitrogens with zero attached hydrogens (tertiary/aromatic N) is 2. The zero-order chi connectivity index (χ0) is 18.4. The van der Waals surface area contributed by atoms with E-state index in [2.05, 4.69) is 22.3 Å². The number of aliphatic hydroxyl groups is 1. The molecule has 5 nitrogen and oxygen atoms in total. The lowest BCUT2D eigenvalue weighted by Crippen LogP contribution is -2.41. The van der Waals surface area contributed by atoms with Gasteiger partial charge in [0, 0.05) is 26.1 Å². The van der Waals surface area contributed by atoms with Gasteiger partial charge < -0.3 is 15.3 Å². The molecule has 2 fully saturated rings. The smallest absolute Gasteiger partial charge is 0.317 e. The minimum Gasteiger partial charge on any atom is -0.393 e. The van der Waals surface area contributed by atoms with E-state index < -0.39 is 12.3 Å². The Balaban J connectivity index is 1.50. The monoisotopic (exact) mass is 363 g/mol. The molecule has 1 aromatic rings. The van der Waals surface area contributed by atoms with E-state index >= 15 is 0 Å². The summed E-state index contributed by atoms with van der Waals surface area (Å²) in [5.41, 5.74) is 0.672. The summed E-state index contributed by atoms with van der Waals surface area (Å²) in [4.78, 5) is 16.2. The van der Waals surface area contributed by atoms with Gasteiger partial charge in [-0.3, -0.25) is 4.90 Å². The van der Waals surface area contributed by atoms with Gasteiger partial charge in [0.25, 0.3) is 0 Å². The Morgan fingerprint density at radius 1 is 1.15 bits per heavy atom. The number of amides is 2. The van der Waals surface area contributed by atoms with Gasteiger partial charge in [0.2, 0.25) is 0 Å². The van der Waals surface area contributed by atoms with Crippen LogP contribution in [0.1, 0.15) is 43.2 Å². The summed E-state index contributed by atoms with van der Waals surface area (Å²) in [6.45, 7) is 3.48. The van der Waals surface area contributed by atoms with Crippen molar-refractivity contribution < 1.29 is 14.3 Å². The summed E-state index contributed by atoms with van der Waals surface area (Å²) in [6.07, 6.45) is 5.40. The Bertz CT molecular complexity index is 604. The summed E-state index contributed by atoms with van der Waals surface area (Å²) < 4.78 is 14.0. The van der Waals surface area contributed by atoms with Crippen LogP contribution in [0.15, 0.2) is 24.3 Å². The van der Waals surface area contributed by atoms with Gasteiger partial charge in [-0.2, -0.15) is 0 Å². The fraction of sp³-hybridized carbons (Fsp3) is 0.650. The van der Waals surface area contributed by atoms with Crippen LogP contribution < -0.4 is 5.32 Å². The molecular formula is C20H30FN3O2. The number of halogens is 1. The zero-order valence-corrected chi connectivity index (χ0v) is 15.4. The van der Waals surface area contributed by atoms with Crippen LogP contribution in [0.4, 0.5) is 9.18 Å². The number of carbonyl (C=O) groups excluding carboxylic acids is 1. The van der Waals surface area contributed by atoms with Crippen molar-refractivity contribution >= 4 is 6.03 Å². The van der Waals surface area contributed by atoms with Gasteiger partial charge in [-0.25, -0.2) is 9.18 Å². The SMILES string of the molecule is O=C(NCc1cccc(CN2CCCCCC2)c1)N1CCC(F)(CO)C1. The maximum absolute atomic E-state index is 14.0. The van der Waals surface area contributed by atoms with Crippen molar-refractivity contribution in [2.75, 3.05) is 32.8 Å². The molecule has 6 heteroatoms. The summed E-state index contributed by atoms with van der Waals surface area (Å²) in [5.74, 6) is 0. The number of benzene rings is 1. The highest BCUT2D eigenvalue weighted by Gasteiger charge is 2.39. The van der Waals surface area contributed by atoms with Crippen molar-refractivity contribution in [1.82, 2.24) is 15.1 Å². The predicted octanol–water partition coefficient (Wildman–Crippen LogP) is 2.68. The number of aliphatic hydroxyl groups excluding tert-OH is 1. The molecule has 0 spiro atoms. The summed E-state index contributed by atoms with van der Waals surface area (Å²) in [7, 11) is 0. The van der Waals surface area contributed by atoms with Crippen molar-refractivity contribution in [1.29, 1.82) is 0 Å². The Morgan fingerprint density at radius 3 is 2.58 bits per heavy atom. The number of hydrogen-bond donors (Lipinski definition) is 2. The normalized spacial score (nSPS) is 24.5. The first kappa shape index (κ1) is 19.1. The third-order valence-electron chi connectivity index (χ3n) is 5.41. The van der Waals surface area contributed by atoms with Crippen LogP contribution >= 0.6 is 0 Å². The molecule has 2 heterocycles. The Kier molecular flexibility index (Phi) is 6.48. The zero-order valence-electron chi connectivity index (χ0n) is 15.4. The van der Waals surface area contributed by atoms with Gasteiger partial charge in [-0.1, -0.05) is 37.1 Å². The fourth-order valence-corrected chi connectivity index (χ4v) is 3.82. The Labute approximate surface area is 155 Å². The van der Waals surface area contributed by atoms with E-state index in [-0.39, 0.29) is 19.0 Å². The molecule has 0 bridgehead atoms. The first-order valence-corrected chi connectivity index (χ1v) is 9.71. The topological polar surface area (TPSA) is 55.8 Å². The maximum atomic E-state index is 14.0. The van der Waals surface area contributed by atoms with E-state index in [1.165, 1.54) is 36.1 Å². The molecule has 26 heavy (non-hydrogen) atoms. The second-order valence-electron chi connectivity index (χ2n) is 7.65. The molecule has 2 saturated heterocycles. The molecular weight excluding hydrogens is 333 g/mol. The van der Waals surface area contributed by atoms with Crippen LogP contribution in [-0.2, 0) is 13.1 Å². The van der Waals surface area contributed by atoms with Crippen LogP contribution in [0.5, 0.6) is 0 Å². The minimum absolute atomic E-state index is 0.0374. The van der Waals surface area contributed by atoms with Crippen LogP contribution in [0, 0.1) is 0 Å². The molecule has 144 valence electrons. The lowest BCUT2D eigenvalue weighted by atomic mass is 10.1. The van der Waals surface area contributed by atoms with Gasteiger partial charge >= 0.3 is 6.03 Å². The lowest BCUT2D eigenvalue weighted by molar-refractivity contribution is 0.0805. The quantitative estimate of drug-likeness (QED) is 0.846. The number of hydrogen-bond acceptors (Lipinski definition) is 3. The average Bonchev–Trinajstić information content (AvgIpc) is 2.87. The molecule has 1 unspecified atom stereocenters. The molecule has 2 amide bonds. The number of alkyl halides is 1. The summed E-state index contributed by atoms with van der Waals surface area (Å²) >= 11 is 0. The molecule has 0 aliphatic carbocycles. The molecule has 3 rings (SSSR count). The molecule has 0 radical (unpaired) electrons. The van der Waals surface area contributed by atoms with Crippen molar-refractivity contribution in [2.24, 2.45) is 0 Å². The minimum atomic E-state index is -1.65. The first-order valence-electron chi connectivity index (χ1n) is 9.71. The van der Waals surface area contributed by atoms with E-state index in [0.29, 0.717) is 13.1 Å². The summed E-state index contributed by atoms with van der Waals surface area (Å²) in [6, 6.07) is 8.04. The van der Waals surface area contributed by atoms with E-state index in [0.717, 1.165) is 25.2 Å². The Morgan fingerprint density at radius 2 is 1.88 bits per heavy atom. The number of likely N-dealkylation sites (tertiary alicyclic amines) is 2. The van der Waals surface area contributed by atoms with Gasteiger partial charge in [-0.15, -0.1) is 0 Å². The van der Waals surface area contributed by atoms with Gasteiger partial charge in [-0.05, 0) is 37.1 Å². The molecule has 2 N–H and O–H groups in total. The highest BCUT2D eigenvalue weighted by molar-refractivity contribution is 5.74. The number of carbonyl (C=O) groups is 1. The third-order valence-corrected chi connectivity index (χ3v) is 5.41. The largest absolute Gasteiger partial charge is 0.393 e. The lowest BCUT2D eigenvalue weighted by Gasteiger charge is -2.21. The molecule has 0 aromatic heterocycles. The predicted molar refractivity (Wildman–Crippen MR) is 99.5 cm³/mol. The second-order valence-corrected chi connectivity index (χ2v) is 7.65. The highest BCUT2D eigenvalue weighted by Crippen LogP contribution is 2.24. The van der Waals surface area contributed by atoms with Crippen molar-refractivity contribution in [3.8, 4) is 0 Å². The molecule has 1 aromatic carbocycles. The van der Waals surface area contributed by atoms with E-state index in [9.17, 15) is 9.18 Å². The van der Waals surface area contributed by atoms with Gasteiger partial charge in [0.1, 0.15) is 0 Å². The van der Waals surface area contributed by atoms with Crippen LogP contribution in [-0.4, -0.2) is 59.4 Å². The van der Waals surface area contributed by atoms with Crippen LogP contribution in [0.3, 0.4) is 0 Å². The van der Waals surface area contributed by atoms with E-state index in [1.807, 2.05) is 12.1 Å². The number of urea groups is 1. The molecule has 0 saturated carbocycles. The molecule has 2 aliphatic heterocycles. The Hall–Kier alpha value is -1.66. The number of nitrogens with one attached hydrogen (secondary N) is 1. The van der Waals surface area contributed by atoms with E-state index in [1.54, 1.807) is 0 Å². The van der Waals surface area contributed by atoms with Crippen molar-refractivity contribution in [3.05, 3.63) is 35.4 Å². The maximum Gasteiger partial charge on any atom is 0.317 e. The first-order chi connectivity index (χ1) is 12.6. The average molecular weight is 363 g/mol. The molecule has 1 atom stereocenters. The molecule has 2 aliphatic rings. The third kappa shape index (κ3) is 5.17. The fourth-order valence-electron chi connectivity index (χ4n) is 3.82. The van der Waals surface area contributed by atoms with Crippen molar-refractivity contribution in [3.63, 3.8) is 0 Å². The number of rotatable bonds is 5. The van der Waals surface area contributed by atoms with E-state index in [4.69, 9.17) is 5.11 Å². The standard InChI is InChI=1S/C20H30FN3O2/c21-20(16-25)8-11-24(15-20)19(26)22-13-17-6-5-7-18(12-17)14-23-9-3-1-2-4-10-23/h5-7,12,25H,1-4,8-11,13-16H2,(H,22,26). The van der Waals surface area contributed by atoms with Gasteiger partial charge in [0.15, 0.2) is 5.67 Å². The van der Waals surface area contributed by atoms with Crippen LogP contribution in [0.25, 0.3) is 0 Å². The van der Waals surface area contributed by atoms with Crippen LogP contribution in [0.2, 0.25) is 0 Å². The second kappa shape index (κ2) is 8.82.